The molecular formula is C24H37BrClN7O. The molecule has 1 aliphatic carbocycles. The molecular weight excluding hydrogens is 518 g/mol. The molecule has 2 aromatic rings. The smallest absolute Gasteiger partial charge is 1.00 e. The fourth-order valence-corrected chi connectivity index (χ4v) is 4.91. The second-order valence-corrected chi connectivity index (χ2v) is 9.62. The minimum absolute atomic E-state index is 0. The number of likely N-dealkylation sites (tertiary alicyclic amines) is 1. The molecule has 1 aliphatic heterocycles. The number of ether oxygens (including phenoxy) is 1. The molecule has 2 N–H and O–H groups in total. The number of benzene rings is 1. The molecule has 2 heterocycles. The highest BCUT2D eigenvalue weighted by atomic mass is 79.9. The van der Waals surface area contributed by atoms with Gasteiger partial charge in [-0.2, -0.15) is 15.0 Å². The lowest BCUT2D eigenvalue weighted by atomic mass is 10.0. The maximum Gasteiger partial charge on any atom is 1.00 e. The van der Waals surface area contributed by atoms with Crippen molar-refractivity contribution in [2.75, 3.05) is 48.2 Å². The molecule has 0 unspecified atom stereocenters. The summed E-state index contributed by atoms with van der Waals surface area (Å²) in [6.45, 7) is 2.19. The predicted molar refractivity (Wildman–Crippen MR) is 139 cm³/mol. The molecule has 2 fully saturated rings. The van der Waals surface area contributed by atoms with Crippen LogP contribution in [0, 0.1) is 0 Å². The van der Waals surface area contributed by atoms with Gasteiger partial charge in [-0.25, -0.2) is 0 Å². The lowest BCUT2D eigenvalue weighted by Gasteiger charge is -2.35. The zero-order chi connectivity index (χ0) is 23.0. The van der Waals surface area contributed by atoms with Gasteiger partial charge in [0.25, 0.3) is 0 Å². The first-order valence-corrected chi connectivity index (χ1v) is 13.2. The Kier molecular flexibility index (Phi) is 10.5. The van der Waals surface area contributed by atoms with Gasteiger partial charge >= 0.3 is 1.43 Å². The quantitative estimate of drug-likeness (QED) is 0.380. The second-order valence-electron chi connectivity index (χ2n) is 9.17. The Hall–Kier alpha value is -1.84. The van der Waals surface area contributed by atoms with Crippen molar-refractivity contribution in [2.24, 2.45) is 0 Å². The highest BCUT2D eigenvalue weighted by Gasteiger charge is 2.24. The molecule has 0 radical (unpaired) electrons. The third-order valence-corrected chi connectivity index (χ3v) is 6.90. The number of hydrogen-bond acceptors (Lipinski definition) is 8. The maximum absolute atomic E-state index is 5.57. The summed E-state index contributed by atoms with van der Waals surface area (Å²) in [6.07, 6.45) is 9.71. The van der Waals surface area contributed by atoms with Crippen molar-refractivity contribution >= 4 is 39.5 Å². The van der Waals surface area contributed by atoms with Gasteiger partial charge in [-0.15, -0.1) is 0 Å². The third-order valence-electron chi connectivity index (χ3n) is 6.67. The van der Waals surface area contributed by atoms with Gasteiger partial charge in [0.05, 0.1) is 0 Å². The molecule has 4 rings (SSSR count). The predicted octanol–water partition coefficient (Wildman–Crippen LogP) is 2.13. The number of hydrogen-bond donors (Lipinski definition) is 2. The van der Waals surface area contributed by atoms with Crippen molar-refractivity contribution in [3.8, 4) is 5.75 Å². The van der Waals surface area contributed by atoms with E-state index in [-0.39, 0.29) is 13.8 Å². The van der Waals surface area contributed by atoms with E-state index in [0.29, 0.717) is 35.4 Å². The fourth-order valence-electron chi connectivity index (χ4n) is 4.65. The number of aromatic nitrogens is 3. The van der Waals surface area contributed by atoms with Gasteiger partial charge in [0.2, 0.25) is 17.8 Å². The Morgan fingerprint density at radius 2 is 1.76 bits per heavy atom. The van der Waals surface area contributed by atoms with Crippen LogP contribution in [0.15, 0.2) is 24.3 Å². The number of alkyl halides is 1. The summed E-state index contributed by atoms with van der Waals surface area (Å²) in [5.41, 5.74) is 1.33. The van der Waals surface area contributed by atoms with Crippen LogP contribution in [0.1, 0.15) is 52.8 Å². The first kappa shape index (κ1) is 26.8. The van der Waals surface area contributed by atoms with Gasteiger partial charge in [0, 0.05) is 30.9 Å². The first-order chi connectivity index (χ1) is 16.1. The molecule has 188 valence electrons. The number of nitrogens with one attached hydrogen (secondary N) is 2. The minimum Gasteiger partial charge on any atom is -1.00 e. The number of anilines is 4. The normalized spacial score (nSPS) is 18.0. The van der Waals surface area contributed by atoms with Crippen molar-refractivity contribution in [3.05, 3.63) is 24.3 Å². The molecule has 0 spiro atoms. The molecule has 1 aromatic heterocycles. The fraction of sp³-hybridized carbons (Fsp3) is 0.625. The van der Waals surface area contributed by atoms with Crippen molar-refractivity contribution in [1.82, 2.24) is 19.9 Å². The van der Waals surface area contributed by atoms with E-state index in [1.165, 1.54) is 38.5 Å². The van der Waals surface area contributed by atoms with Gasteiger partial charge < -0.3 is 37.6 Å². The van der Waals surface area contributed by atoms with E-state index >= 15 is 0 Å². The van der Waals surface area contributed by atoms with E-state index in [2.05, 4.69) is 50.5 Å². The zero-order valence-corrected chi connectivity index (χ0v) is 22.5. The third kappa shape index (κ3) is 7.58. The summed E-state index contributed by atoms with van der Waals surface area (Å²) in [7, 11) is 4.29. The molecule has 0 bridgehead atoms. The van der Waals surface area contributed by atoms with Crippen LogP contribution in [0.2, 0.25) is 0 Å². The van der Waals surface area contributed by atoms with Crippen LogP contribution in [0.3, 0.4) is 0 Å². The van der Waals surface area contributed by atoms with Crippen molar-refractivity contribution in [3.63, 3.8) is 0 Å². The van der Waals surface area contributed by atoms with E-state index in [1.807, 2.05) is 24.3 Å². The molecule has 1 saturated carbocycles. The first-order valence-electron chi connectivity index (χ1n) is 12.1. The van der Waals surface area contributed by atoms with Crippen LogP contribution in [-0.4, -0.2) is 64.6 Å². The van der Waals surface area contributed by atoms with Crippen LogP contribution in [0.5, 0.6) is 5.75 Å². The molecule has 1 aromatic carbocycles. The van der Waals surface area contributed by atoms with Crippen LogP contribution < -0.4 is 32.7 Å². The molecule has 2 aliphatic rings. The van der Waals surface area contributed by atoms with Crippen molar-refractivity contribution < 1.29 is 18.6 Å². The SMILES string of the molecule is CN1CCC(N(C)c2nc(Nc3cccc(OCBr)c3)nc(NC3CCCCCC3)n2)CC1.[Cl-].[H+]. The second kappa shape index (κ2) is 13.3. The molecule has 1 saturated heterocycles. The highest BCUT2D eigenvalue weighted by molar-refractivity contribution is 9.09. The van der Waals surface area contributed by atoms with E-state index < -0.39 is 0 Å². The topological polar surface area (TPSA) is 78.4 Å². The van der Waals surface area contributed by atoms with Crippen molar-refractivity contribution in [2.45, 2.75) is 63.5 Å². The highest BCUT2D eigenvalue weighted by Crippen LogP contribution is 2.26. The van der Waals surface area contributed by atoms with Gasteiger partial charge in [-0.3, -0.25) is 0 Å². The van der Waals surface area contributed by atoms with Crippen LogP contribution in [0.4, 0.5) is 23.5 Å². The van der Waals surface area contributed by atoms with Crippen molar-refractivity contribution in [1.29, 1.82) is 0 Å². The monoisotopic (exact) mass is 553 g/mol. The summed E-state index contributed by atoms with van der Waals surface area (Å²) in [6, 6.07) is 8.67. The molecule has 0 amide bonds. The maximum atomic E-state index is 5.57. The summed E-state index contributed by atoms with van der Waals surface area (Å²) in [5, 5.41) is 6.98. The Morgan fingerprint density at radius 1 is 1.06 bits per heavy atom. The van der Waals surface area contributed by atoms with Crippen LogP contribution in [0.25, 0.3) is 0 Å². The van der Waals surface area contributed by atoms with Gasteiger partial charge in [-0.1, -0.05) is 31.7 Å². The molecule has 34 heavy (non-hydrogen) atoms. The van der Waals surface area contributed by atoms with E-state index in [4.69, 9.17) is 19.7 Å². The average molecular weight is 555 g/mol. The number of piperidine rings is 1. The summed E-state index contributed by atoms with van der Waals surface area (Å²) >= 11 is 3.31. The lowest BCUT2D eigenvalue weighted by molar-refractivity contribution is -0.00000748. The lowest BCUT2D eigenvalue weighted by Crippen LogP contribution is -3.00. The largest absolute Gasteiger partial charge is 1.00 e. The van der Waals surface area contributed by atoms with Crippen LogP contribution >= 0.6 is 15.9 Å². The van der Waals surface area contributed by atoms with Gasteiger partial charge in [0.15, 0.2) is 0 Å². The van der Waals surface area contributed by atoms with Gasteiger partial charge in [-0.05, 0) is 73.9 Å². The molecule has 8 nitrogen and oxygen atoms in total. The standard InChI is InChI=1S/C24H36BrN7O.ClH/c1-31-14-12-20(13-15-31)32(2)24-29-22(26-18-8-5-3-4-6-9-18)28-23(30-24)27-19-10-7-11-21(16-19)33-17-25;/h7,10-11,16,18,20H,3-6,8-9,12-15,17H2,1-2H3,(H2,26,27,28,29,30);1H. The minimum atomic E-state index is 0. The van der Waals surface area contributed by atoms with E-state index in [0.717, 1.165) is 37.4 Å². The molecule has 10 heteroatoms. The van der Waals surface area contributed by atoms with E-state index in [1.54, 1.807) is 0 Å². The Bertz CT molecular complexity index is 896. The number of nitrogens with zero attached hydrogens (tertiary/aromatic N) is 5. The van der Waals surface area contributed by atoms with Crippen LogP contribution in [-0.2, 0) is 0 Å². The van der Waals surface area contributed by atoms with E-state index in [9.17, 15) is 0 Å². The Labute approximate surface area is 219 Å². The summed E-state index contributed by atoms with van der Waals surface area (Å²) < 4.78 is 5.57. The molecule has 0 atom stereocenters. The number of rotatable bonds is 8. The summed E-state index contributed by atoms with van der Waals surface area (Å²) in [5.74, 6) is 2.70. The Balaban J connectivity index is 0.00000216. The number of halogens is 2. The summed E-state index contributed by atoms with van der Waals surface area (Å²) in [4.78, 5) is 19.0. The average Bonchev–Trinajstić information content (AvgIpc) is 3.08. The Morgan fingerprint density at radius 3 is 2.47 bits per heavy atom. The van der Waals surface area contributed by atoms with Gasteiger partial charge in [0.1, 0.15) is 11.3 Å². The zero-order valence-electron chi connectivity index (χ0n) is 21.1.